The predicted octanol–water partition coefficient (Wildman–Crippen LogP) is 4.41. The molecule has 75 heavy (non-hydrogen) atoms. The van der Waals surface area contributed by atoms with Crippen molar-refractivity contribution in [2.75, 3.05) is 19.8 Å². The van der Waals surface area contributed by atoms with Crippen LogP contribution in [0.2, 0.25) is 0 Å². The molecule has 11 N–H and O–H groups in total. The van der Waals surface area contributed by atoms with E-state index >= 15 is 0 Å². The normalized spacial score (nSPS) is 20.3. The second kappa shape index (κ2) is 27.4. The lowest BCUT2D eigenvalue weighted by molar-refractivity contribution is -0.213. The molecule has 0 radical (unpaired) electrons. The van der Waals surface area contributed by atoms with Crippen LogP contribution in [0.3, 0.4) is 0 Å². The molecule has 2 aromatic rings. The number of phosphoric ester groups is 3. The van der Waals surface area contributed by atoms with Gasteiger partial charge in [0, 0.05) is 53.6 Å². The molecule has 1 fully saturated rings. The fourth-order valence-electron chi connectivity index (χ4n) is 8.16. The number of phenolic OH excluding ortho intramolecular Hbond substituents is 1. The van der Waals surface area contributed by atoms with Crippen LogP contribution >= 0.6 is 23.5 Å². The number of carboxylic acids is 1. The van der Waals surface area contributed by atoms with Crippen LogP contribution < -0.4 is 10.7 Å². The molecular weight excluding hydrogens is 1060 g/mol. The average Bonchev–Trinajstić information content (AvgIpc) is 3.33. The predicted molar refractivity (Wildman–Crippen MR) is 260 cm³/mol. The quantitative estimate of drug-likeness (QED) is 0.0155. The second-order valence-corrected chi connectivity index (χ2v) is 21.3. The van der Waals surface area contributed by atoms with E-state index in [0.29, 0.717) is 61.5 Å². The summed E-state index contributed by atoms with van der Waals surface area (Å²) in [6, 6.07) is 12.6. The van der Waals surface area contributed by atoms with Gasteiger partial charge >= 0.3 is 41.4 Å². The van der Waals surface area contributed by atoms with Crippen molar-refractivity contribution < 1.29 is 115 Å². The Morgan fingerprint density at radius 3 is 1.93 bits per heavy atom. The number of aromatic hydroxyl groups is 1. The number of unbranched alkanes of at least 4 members (excludes halogenated alkanes) is 8. The highest BCUT2D eigenvalue weighted by atomic mass is 31.2. The summed E-state index contributed by atoms with van der Waals surface area (Å²) >= 11 is 0. The summed E-state index contributed by atoms with van der Waals surface area (Å²) in [6.07, 6.45) is -10.5. The smallest absolute Gasteiger partial charge is 0.472 e. The molecule has 1 heterocycles. The van der Waals surface area contributed by atoms with E-state index in [-0.39, 0.29) is 58.6 Å². The van der Waals surface area contributed by atoms with E-state index in [4.69, 9.17) is 22.9 Å². The molecule has 0 aromatic heterocycles. The number of phenols is 1. The summed E-state index contributed by atoms with van der Waals surface area (Å²) < 4.78 is 70.9. The van der Waals surface area contributed by atoms with Crippen molar-refractivity contribution >= 4 is 58.3 Å². The van der Waals surface area contributed by atoms with Gasteiger partial charge in [0.05, 0.1) is 12.2 Å². The van der Waals surface area contributed by atoms with Crippen molar-refractivity contribution in [1.29, 1.82) is 0 Å². The van der Waals surface area contributed by atoms with Crippen LogP contribution in [0.1, 0.15) is 105 Å². The van der Waals surface area contributed by atoms with E-state index in [0.717, 1.165) is 19.3 Å². The number of hydrogen-bond donors (Lipinski definition) is 11. The number of phosphoric acid groups is 3. The Kier molecular flexibility index (Phi) is 22.2. The number of amides is 1. The minimum absolute atomic E-state index is 0.0776. The van der Waals surface area contributed by atoms with E-state index < -0.39 is 103 Å². The first-order chi connectivity index (χ1) is 35.3. The minimum atomic E-state index is -5.65. The maximum Gasteiger partial charge on any atom is 0.472 e. The van der Waals surface area contributed by atoms with Gasteiger partial charge in [-0.1, -0.05) is 57.9 Å². The minimum Gasteiger partial charge on any atom is -0.508 e. The molecule has 1 amide bonds. The van der Waals surface area contributed by atoms with E-state index in [1.165, 1.54) is 48.5 Å². The van der Waals surface area contributed by atoms with Gasteiger partial charge in [0.25, 0.3) is 5.91 Å². The van der Waals surface area contributed by atoms with Gasteiger partial charge in [0.2, 0.25) is 0 Å². The molecule has 0 bridgehead atoms. The van der Waals surface area contributed by atoms with Gasteiger partial charge in [-0.15, -0.1) is 0 Å². The van der Waals surface area contributed by atoms with Crippen molar-refractivity contribution in [1.82, 2.24) is 5.32 Å². The topological polar surface area (TPSA) is 419 Å². The highest BCUT2D eigenvalue weighted by Gasteiger charge is 2.56. The lowest BCUT2D eigenvalue weighted by Crippen LogP contribution is -2.65. The molecule has 1 saturated carbocycles. The molecule has 1 unspecified atom stereocenters. The summed E-state index contributed by atoms with van der Waals surface area (Å²) in [6.45, 7) is 0.545. The SMILES string of the molecule is CCCCCCCC(=O)O[C@H](COC(=O)CCCCCCCNC(=O)c1ccc(-c2c3ccc(=O)cc-3oc3cc(O)ccc23)c(C(=O)O)c1)COP(=O)(O)O[C@@H]1[C@H](O)[C@H](O)[C@@H](OP(=O)(O)O)[C@H](OP(=O)(O)O)[C@H]1O. The number of rotatable bonds is 29. The van der Waals surface area contributed by atoms with Crippen molar-refractivity contribution in [2.24, 2.45) is 0 Å². The molecule has 1 aliphatic heterocycles. The van der Waals surface area contributed by atoms with Gasteiger partial charge < -0.3 is 69.2 Å². The number of aliphatic hydroxyl groups excluding tert-OH is 3. The van der Waals surface area contributed by atoms with Gasteiger partial charge in [0.15, 0.2) is 11.5 Å². The van der Waals surface area contributed by atoms with Gasteiger partial charge in [-0.25, -0.2) is 18.5 Å². The number of hydrogen-bond acceptors (Lipinski definition) is 19. The van der Waals surface area contributed by atoms with Crippen molar-refractivity contribution in [3.05, 3.63) is 75.9 Å². The Morgan fingerprint density at radius 2 is 1.28 bits per heavy atom. The molecule has 0 spiro atoms. The maximum atomic E-state index is 13.1. The molecule has 0 saturated heterocycles. The monoisotopic (exact) mass is 1120 g/mol. The number of esters is 2. The van der Waals surface area contributed by atoms with E-state index in [1.807, 2.05) is 6.92 Å². The zero-order valence-electron chi connectivity index (χ0n) is 40.3. The van der Waals surface area contributed by atoms with Gasteiger partial charge in [-0.2, -0.15) is 0 Å². The van der Waals surface area contributed by atoms with Crippen LogP contribution in [0.4, 0.5) is 0 Å². The van der Waals surface area contributed by atoms with Crippen molar-refractivity contribution in [2.45, 2.75) is 127 Å². The van der Waals surface area contributed by atoms with E-state index in [9.17, 15) is 87.7 Å². The molecule has 414 valence electrons. The Labute approximate surface area is 427 Å². The van der Waals surface area contributed by atoms with Gasteiger partial charge in [-0.05, 0) is 61.2 Å². The van der Waals surface area contributed by atoms with Crippen LogP contribution in [0.5, 0.6) is 5.75 Å². The molecule has 5 rings (SSSR count). The molecule has 29 heteroatoms. The number of nitrogens with one attached hydrogen (secondary N) is 1. The first-order valence-electron chi connectivity index (χ1n) is 23.7. The summed E-state index contributed by atoms with van der Waals surface area (Å²) in [7, 11) is -16.8. The van der Waals surface area contributed by atoms with Gasteiger partial charge in [-0.3, -0.25) is 37.3 Å². The standard InChI is InChI=1S/C46H60NO25P3/c1-2-3-4-6-10-13-37(51)68-29(25-67-75(64,65)72-42-39(52)40(53)43(70-73(58,59)60)44(41(42)54)71-74(61,62)63)24-66-36(50)12-9-7-5-8-11-20-47-45(55)26-14-17-30(33(21-26)46(56)57)38-31-18-15-27(48)22-34(31)69-35-23-28(49)16-19-32(35)38/h14-19,21-23,29,39-44,48,52-54H,2-13,20,24-25H2,1H3,(H,47,55)(H,56,57)(H,64,65)(H2,58,59,60)(H2,61,62,63)/t29-,39-,40+,41+,42-,43-,44-/m1/s1. The van der Waals surface area contributed by atoms with E-state index in [2.05, 4.69) is 14.4 Å². The number of fused-ring (bicyclic) bond motifs is 2. The molecule has 8 atom stereocenters. The fraction of sp³-hybridized carbons (Fsp3) is 0.500. The third-order valence-corrected chi connectivity index (χ3v) is 13.8. The number of carbonyl (C=O) groups excluding carboxylic acids is 3. The molecule has 3 aliphatic rings. The Morgan fingerprint density at radius 1 is 0.680 bits per heavy atom. The number of carboxylic acid groups (broad SMARTS) is 1. The molecule has 2 aromatic carbocycles. The second-order valence-electron chi connectivity index (χ2n) is 17.5. The van der Waals surface area contributed by atoms with Crippen molar-refractivity contribution in [3.8, 4) is 28.2 Å². The Balaban J connectivity index is 1.10. The number of ether oxygens (including phenoxy) is 2. The number of aromatic carboxylic acids is 1. The summed E-state index contributed by atoms with van der Waals surface area (Å²) in [5.41, 5.74) is 0.856. The first kappa shape index (κ1) is 60.9. The van der Waals surface area contributed by atoms with Crippen molar-refractivity contribution in [3.63, 3.8) is 0 Å². The zero-order chi connectivity index (χ0) is 55.3. The average molecular weight is 1120 g/mol. The molecule has 26 nitrogen and oxygen atoms in total. The number of carbonyl (C=O) groups is 4. The molecule has 2 aliphatic carbocycles. The third-order valence-electron chi connectivity index (χ3n) is 11.7. The lowest BCUT2D eigenvalue weighted by Gasteiger charge is -2.44. The van der Waals surface area contributed by atoms with Crippen LogP contribution in [-0.2, 0) is 50.9 Å². The zero-order valence-corrected chi connectivity index (χ0v) is 43.0. The highest BCUT2D eigenvalue weighted by Crippen LogP contribution is 2.51. The summed E-state index contributed by atoms with van der Waals surface area (Å²) in [4.78, 5) is 111. The van der Waals surface area contributed by atoms with Crippen LogP contribution in [0.15, 0.2) is 63.8 Å². The third kappa shape index (κ3) is 18.3. The largest absolute Gasteiger partial charge is 0.508 e. The van der Waals surface area contributed by atoms with Crippen LogP contribution in [0.25, 0.3) is 33.4 Å². The van der Waals surface area contributed by atoms with E-state index in [1.54, 1.807) is 6.07 Å². The summed E-state index contributed by atoms with van der Waals surface area (Å²) in [5, 5.41) is 55.4. The van der Waals surface area contributed by atoms with Crippen LogP contribution in [0, 0.1) is 0 Å². The first-order valence-corrected chi connectivity index (χ1v) is 28.2. The summed E-state index contributed by atoms with van der Waals surface area (Å²) in [5.74, 6) is -3.32. The maximum absolute atomic E-state index is 13.1. The van der Waals surface area contributed by atoms with Gasteiger partial charge in [0.1, 0.15) is 60.3 Å². The number of benzene rings is 3. The Hall–Kier alpha value is -4.98. The lowest BCUT2D eigenvalue weighted by atomic mass is 9.85. The molecular formula is C46H60NO25P3. The highest BCUT2D eigenvalue weighted by molar-refractivity contribution is 7.47. The van der Waals surface area contributed by atoms with Crippen LogP contribution in [-0.4, -0.2) is 136 Å². The number of aliphatic hydroxyl groups is 3. The Bertz CT molecular complexity index is 2790. The fourth-order valence-corrected chi connectivity index (χ4v) is 10.3.